The van der Waals surface area contributed by atoms with Gasteiger partial charge in [0.15, 0.2) is 0 Å². The van der Waals surface area contributed by atoms with E-state index in [4.69, 9.17) is 0 Å². The summed E-state index contributed by atoms with van der Waals surface area (Å²) in [5.41, 5.74) is 0. The van der Waals surface area contributed by atoms with E-state index in [2.05, 4.69) is 43.9 Å². The normalized spacial score (nSPS) is 12.6. The van der Waals surface area contributed by atoms with Gasteiger partial charge in [-0.3, -0.25) is 0 Å². The molecule has 0 aliphatic rings. The molecule has 4 heteroatoms. The molecule has 58 valence electrons. The van der Waals surface area contributed by atoms with Crippen molar-refractivity contribution in [1.82, 2.24) is 4.65 Å². The van der Waals surface area contributed by atoms with Crippen molar-refractivity contribution in [3.8, 4) is 0 Å². The monoisotopic (exact) mass is 249 g/mol. The molecule has 0 atom stereocenters. The molecule has 0 unspecified atom stereocenters. The average molecular weight is 249 g/mol. The standard InChI is InChI=1S/C6H19NSi2.Sr/c1-8(2,3)7-9(4,5)6;/h7H,1-6H3;. The Morgan fingerprint density at radius 3 is 0.900 bits per heavy atom. The van der Waals surface area contributed by atoms with Crippen LogP contribution in [0.15, 0.2) is 0 Å². The first-order valence-corrected chi connectivity index (χ1v) is 10.5. The van der Waals surface area contributed by atoms with Crippen LogP contribution in [0.2, 0.25) is 39.3 Å². The van der Waals surface area contributed by atoms with Crippen LogP contribution in [0.3, 0.4) is 0 Å². The van der Waals surface area contributed by atoms with Crippen LogP contribution in [-0.4, -0.2) is 62.0 Å². The van der Waals surface area contributed by atoms with Crippen LogP contribution in [0, 0.1) is 0 Å². The fourth-order valence-corrected chi connectivity index (χ4v) is 10.1. The maximum atomic E-state index is 3.74. The second kappa shape index (κ2) is 4.79. The van der Waals surface area contributed by atoms with Crippen LogP contribution in [0.5, 0.6) is 0 Å². The summed E-state index contributed by atoms with van der Waals surface area (Å²) in [6.07, 6.45) is 0. The van der Waals surface area contributed by atoms with E-state index < -0.39 is 16.5 Å². The Balaban J connectivity index is 0. The maximum Gasteiger partial charge on any atom is 0.109 e. The molecule has 0 aliphatic carbocycles. The van der Waals surface area contributed by atoms with Crippen molar-refractivity contribution in [2.45, 2.75) is 39.3 Å². The van der Waals surface area contributed by atoms with Gasteiger partial charge in [0.25, 0.3) is 0 Å². The van der Waals surface area contributed by atoms with Crippen molar-refractivity contribution in [2.75, 3.05) is 0 Å². The second-order valence-electron chi connectivity index (χ2n) is 4.62. The van der Waals surface area contributed by atoms with Gasteiger partial charge in [-0.1, -0.05) is 39.3 Å². The SMILES string of the molecule is C[Si](C)(C)N[Si](C)(C)C.[Sr]. The molecule has 0 amide bonds. The first-order valence-electron chi connectivity index (χ1n) is 3.50. The maximum absolute atomic E-state index is 3.74. The molecule has 0 heterocycles. The van der Waals surface area contributed by atoms with Crippen molar-refractivity contribution < 1.29 is 0 Å². The molecule has 10 heavy (non-hydrogen) atoms. The van der Waals surface area contributed by atoms with E-state index in [1.165, 1.54) is 0 Å². The van der Waals surface area contributed by atoms with Gasteiger partial charge < -0.3 is 4.65 Å². The Morgan fingerprint density at radius 1 is 0.700 bits per heavy atom. The minimum Gasteiger partial charge on any atom is -0.360 e. The minimum atomic E-state index is -0.981. The van der Waals surface area contributed by atoms with Crippen molar-refractivity contribution in [1.29, 1.82) is 0 Å². The van der Waals surface area contributed by atoms with Gasteiger partial charge >= 0.3 is 0 Å². The summed E-state index contributed by atoms with van der Waals surface area (Å²) >= 11 is 0. The Labute approximate surface area is 104 Å². The van der Waals surface area contributed by atoms with Gasteiger partial charge in [-0.25, -0.2) is 0 Å². The summed E-state index contributed by atoms with van der Waals surface area (Å²) in [6, 6.07) is 0. The van der Waals surface area contributed by atoms with E-state index in [1.807, 2.05) is 0 Å². The zero-order valence-electron chi connectivity index (χ0n) is 8.21. The van der Waals surface area contributed by atoms with Gasteiger partial charge in [0.2, 0.25) is 0 Å². The van der Waals surface area contributed by atoms with Gasteiger partial charge in [0, 0.05) is 45.5 Å². The number of rotatable bonds is 2. The number of hydrogen-bond acceptors (Lipinski definition) is 1. The Bertz CT molecular complexity index is 80.9. The van der Waals surface area contributed by atoms with Crippen molar-refractivity contribution in [2.24, 2.45) is 0 Å². The smallest absolute Gasteiger partial charge is 0.109 e. The predicted octanol–water partition coefficient (Wildman–Crippen LogP) is 1.86. The van der Waals surface area contributed by atoms with Gasteiger partial charge in [-0.05, 0) is 0 Å². The Hall–Kier alpha value is 1.87. The largest absolute Gasteiger partial charge is 0.360 e. The van der Waals surface area contributed by atoms with E-state index >= 15 is 0 Å². The van der Waals surface area contributed by atoms with E-state index in [0.717, 1.165) is 0 Å². The quantitative estimate of drug-likeness (QED) is 0.736. The third-order valence-electron chi connectivity index (χ3n) is 0.750. The molecular weight excluding hydrogens is 230 g/mol. The fourth-order valence-electron chi connectivity index (χ4n) is 1.12. The van der Waals surface area contributed by atoms with Gasteiger partial charge in [0.05, 0.1) is 0 Å². The number of hydrogen-bond donors (Lipinski definition) is 1. The van der Waals surface area contributed by atoms with Crippen LogP contribution in [0.4, 0.5) is 0 Å². The first kappa shape index (κ1) is 14.4. The molecule has 0 saturated heterocycles. The molecule has 0 aromatic rings. The second-order valence-corrected chi connectivity index (χ2v) is 14.6. The van der Waals surface area contributed by atoms with Crippen LogP contribution < -0.4 is 4.65 Å². The molecular formula is C6H19NSi2Sr. The summed E-state index contributed by atoms with van der Waals surface area (Å²) in [7, 11) is -1.96. The zero-order chi connectivity index (χ0) is 7.71. The van der Waals surface area contributed by atoms with Gasteiger partial charge in [-0.15, -0.1) is 0 Å². The fraction of sp³-hybridized carbons (Fsp3) is 1.00. The predicted molar refractivity (Wildman–Crippen MR) is 55.6 cm³/mol. The average Bonchev–Trinajstić information content (AvgIpc) is 1.14. The number of nitrogens with one attached hydrogen (secondary N) is 1. The van der Waals surface area contributed by atoms with Crippen molar-refractivity contribution >= 4 is 62.0 Å². The first-order chi connectivity index (χ1) is 3.71. The molecule has 0 fully saturated rings. The van der Waals surface area contributed by atoms with E-state index in [0.29, 0.717) is 0 Å². The summed E-state index contributed by atoms with van der Waals surface area (Å²) in [6.45, 7) is 14.1. The molecule has 2 radical (unpaired) electrons. The van der Waals surface area contributed by atoms with E-state index in [-0.39, 0.29) is 45.5 Å². The summed E-state index contributed by atoms with van der Waals surface area (Å²) in [4.78, 5) is 0. The zero-order valence-corrected chi connectivity index (χ0v) is 13.7. The van der Waals surface area contributed by atoms with Crippen LogP contribution in [0.25, 0.3) is 0 Å². The van der Waals surface area contributed by atoms with Crippen LogP contribution in [-0.2, 0) is 0 Å². The summed E-state index contributed by atoms with van der Waals surface area (Å²) in [5, 5.41) is 0. The van der Waals surface area contributed by atoms with E-state index in [9.17, 15) is 0 Å². The molecule has 0 saturated carbocycles. The summed E-state index contributed by atoms with van der Waals surface area (Å²) in [5.74, 6) is 0. The topological polar surface area (TPSA) is 12.0 Å². The van der Waals surface area contributed by atoms with Crippen molar-refractivity contribution in [3.05, 3.63) is 0 Å². The molecule has 0 aliphatic heterocycles. The molecule has 0 rings (SSSR count). The van der Waals surface area contributed by atoms with Gasteiger partial charge in [-0.2, -0.15) is 0 Å². The van der Waals surface area contributed by atoms with Crippen LogP contribution in [0.1, 0.15) is 0 Å². The van der Waals surface area contributed by atoms with E-state index in [1.54, 1.807) is 0 Å². The molecule has 0 aromatic carbocycles. The third kappa shape index (κ3) is 12.5. The molecule has 1 nitrogen and oxygen atoms in total. The van der Waals surface area contributed by atoms with Crippen LogP contribution >= 0.6 is 0 Å². The Kier molecular flexibility index (Phi) is 6.90. The molecule has 1 N–H and O–H groups in total. The Morgan fingerprint density at radius 2 is 0.900 bits per heavy atom. The minimum absolute atomic E-state index is 0. The van der Waals surface area contributed by atoms with Crippen molar-refractivity contribution in [3.63, 3.8) is 0 Å². The molecule has 0 spiro atoms. The third-order valence-corrected chi connectivity index (χ3v) is 6.75. The molecule has 0 aromatic heterocycles. The van der Waals surface area contributed by atoms with Gasteiger partial charge in [0.1, 0.15) is 16.5 Å². The summed E-state index contributed by atoms with van der Waals surface area (Å²) < 4.78 is 3.74. The molecule has 0 bridgehead atoms.